The van der Waals surface area contributed by atoms with Gasteiger partial charge in [0, 0.05) is 11.3 Å². The van der Waals surface area contributed by atoms with Crippen molar-refractivity contribution in [1.29, 1.82) is 0 Å². The first-order valence-electron chi connectivity index (χ1n) is 15.0. The highest BCUT2D eigenvalue weighted by Crippen LogP contribution is 2.71. The third-order valence-electron chi connectivity index (χ3n) is 12.1. The average Bonchev–Trinajstić information content (AvgIpc) is 3.62. The summed E-state index contributed by atoms with van der Waals surface area (Å²) in [5.41, 5.74) is 17.5. The Morgan fingerprint density at radius 2 is 1.32 bits per heavy atom. The van der Waals surface area contributed by atoms with Crippen LogP contribution in [0.5, 0.6) is 0 Å². The molecule has 2 bridgehead atoms. The lowest BCUT2D eigenvalue weighted by Gasteiger charge is -2.49. The largest absolute Gasteiger partial charge is 0.0795 e. The standard InChI is InChI=1S/C40H22/c1-2-5-24-17-40-27(16-19(24)4-1)28-20-7-3-6-18-8-9-23-14-26-15-25-13-22-11-10-21(12-20)29-30(22)35-31(25)32(26)36(33(23)38(18)40)39(40)37(35)34(28)29/h1-6,8-14,27H,7,15-17H2/t27-,40-/m0/s1. The average molecular weight is 503 g/mol. The number of allylic oxidation sites excluding steroid dienone is 1. The van der Waals surface area contributed by atoms with Gasteiger partial charge in [-0.25, -0.2) is 0 Å². The quantitative estimate of drug-likeness (QED) is 0.181. The second kappa shape index (κ2) is 5.45. The number of hydrogen-bond donors (Lipinski definition) is 0. The summed E-state index contributed by atoms with van der Waals surface area (Å²) in [5, 5.41) is 15.4. The van der Waals surface area contributed by atoms with Crippen LogP contribution in [0, 0.1) is 0 Å². The van der Waals surface area contributed by atoms with Gasteiger partial charge in [-0.2, -0.15) is 0 Å². The molecule has 40 heavy (non-hydrogen) atoms. The van der Waals surface area contributed by atoms with E-state index in [1.54, 1.807) is 93.3 Å². The third-order valence-corrected chi connectivity index (χ3v) is 12.1. The van der Waals surface area contributed by atoms with Gasteiger partial charge in [0.15, 0.2) is 0 Å². The SMILES string of the molecule is C1=Cc2ccc3cc4c5c6c7c8c9c5c(cc5ccc%10cc(c(c-8c%10c59)[C@@H]5Cc8ccccc8C[C@]75c2c36)C1)C4. The Morgan fingerprint density at radius 3 is 2.23 bits per heavy atom. The second-order valence-corrected chi connectivity index (χ2v) is 13.5. The summed E-state index contributed by atoms with van der Waals surface area (Å²) >= 11 is 0. The molecule has 7 aromatic carbocycles. The molecule has 0 fully saturated rings. The number of benzene rings is 7. The molecule has 6 aliphatic rings. The van der Waals surface area contributed by atoms with Gasteiger partial charge in [0.2, 0.25) is 0 Å². The Bertz CT molecular complexity index is 2590. The maximum absolute atomic E-state index is 2.58. The molecule has 0 saturated carbocycles. The van der Waals surface area contributed by atoms with Crippen LogP contribution in [0.15, 0.2) is 72.8 Å². The van der Waals surface area contributed by atoms with E-state index in [9.17, 15) is 0 Å². The van der Waals surface area contributed by atoms with Crippen molar-refractivity contribution in [2.45, 2.75) is 37.0 Å². The van der Waals surface area contributed by atoms with Gasteiger partial charge in [0.1, 0.15) is 0 Å². The normalized spacial score (nSPS) is 22.4. The van der Waals surface area contributed by atoms with Crippen LogP contribution in [0.1, 0.15) is 56.0 Å². The monoisotopic (exact) mass is 502 g/mol. The Balaban J connectivity index is 1.44. The van der Waals surface area contributed by atoms with Crippen LogP contribution < -0.4 is 0 Å². The molecule has 0 radical (unpaired) electrons. The van der Waals surface area contributed by atoms with Crippen molar-refractivity contribution in [3.8, 4) is 11.1 Å². The molecule has 0 amide bonds. The Labute approximate surface area is 230 Å². The molecule has 2 atom stereocenters. The molecular weight excluding hydrogens is 480 g/mol. The van der Waals surface area contributed by atoms with E-state index in [0.29, 0.717) is 5.92 Å². The fourth-order valence-electron chi connectivity index (χ4n) is 11.1. The summed E-state index contributed by atoms with van der Waals surface area (Å²) < 4.78 is 0. The number of rotatable bonds is 0. The topological polar surface area (TPSA) is 0 Å². The zero-order chi connectivity index (χ0) is 25.2. The minimum absolute atomic E-state index is 0.00918. The molecule has 0 heterocycles. The molecule has 0 N–H and O–H groups in total. The van der Waals surface area contributed by atoms with Gasteiger partial charge in [0.25, 0.3) is 0 Å². The minimum atomic E-state index is -0.00918. The van der Waals surface area contributed by atoms with E-state index in [1.807, 2.05) is 0 Å². The highest BCUT2D eigenvalue weighted by Gasteiger charge is 2.58. The van der Waals surface area contributed by atoms with Crippen LogP contribution in [0.3, 0.4) is 0 Å². The Kier molecular flexibility index (Phi) is 2.56. The summed E-state index contributed by atoms with van der Waals surface area (Å²) in [6.45, 7) is 0. The molecule has 0 saturated heterocycles. The van der Waals surface area contributed by atoms with E-state index >= 15 is 0 Å². The van der Waals surface area contributed by atoms with E-state index in [4.69, 9.17) is 0 Å². The summed E-state index contributed by atoms with van der Waals surface area (Å²) in [5.74, 6) is 0.467. The first-order chi connectivity index (χ1) is 19.8. The first kappa shape index (κ1) is 18.8. The van der Waals surface area contributed by atoms with Crippen molar-refractivity contribution in [3.05, 3.63) is 123 Å². The zero-order valence-corrected chi connectivity index (χ0v) is 21.9. The van der Waals surface area contributed by atoms with Crippen LogP contribution in [-0.2, 0) is 31.1 Å². The van der Waals surface area contributed by atoms with Gasteiger partial charge < -0.3 is 0 Å². The summed E-state index contributed by atoms with van der Waals surface area (Å²) in [7, 11) is 0. The van der Waals surface area contributed by atoms with Crippen LogP contribution in [0.2, 0.25) is 0 Å². The van der Waals surface area contributed by atoms with Crippen LogP contribution in [0.4, 0.5) is 0 Å². The Hall–Kier alpha value is -4.42. The van der Waals surface area contributed by atoms with Gasteiger partial charge in [-0.15, -0.1) is 0 Å². The van der Waals surface area contributed by atoms with Crippen molar-refractivity contribution < 1.29 is 0 Å². The lowest BCUT2D eigenvalue weighted by molar-refractivity contribution is 0.384. The summed E-state index contributed by atoms with van der Waals surface area (Å²) in [4.78, 5) is 0. The molecule has 13 rings (SSSR count). The molecule has 6 aliphatic carbocycles. The Morgan fingerprint density at radius 1 is 0.575 bits per heavy atom. The van der Waals surface area contributed by atoms with Crippen LogP contribution in [0.25, 0.3) is 71.1 Å². The lowest BCUT2D eigenvalue weighted by Crippen LogP contribution is -2.43. The molecule has 0 aromatic heterocycles. The van der Waals surface area contributed by atoms with Crippen molar-refractivity contribution in [1.82, 2.24) is 0 Å². The van der Waals surface area contributed by atoms with Crippen LogP contribution >= 0.6 is 0 Å². The van der Waals surface area contributed by atoms with E-state index in [1.165, 1.54) is 21.7 Å². The van der Waals surface area contributed by atoms with Crippen LogP contribution in [-0.4, -0.2) is 0 Å². The molecule has 0 aliphatic heterocycles. The highest BCUT2D eigenvalue weighted by molar-refractivity contribution is 6.42. The molecule has 0 heteroatoms. The number of fused-ring (bicyclic) bond motifs is 1. The molecule has 1 spiro atoms. The van der Waals surface area contributed by atoms with Gasteiger partial charge >= 0.3 is 0 Å². The molecule has 0 unspecified atom stereocenters. The molecular formula is C40H22. The highest BCUT2D eigenvalue weighted by atomic mass is 14.6. The van der Waals surface area contributed by atoms with E-state index in [0.717, 1.165) is 25.7 Å². The molecule has 0 nitrogen and oxygen atoms in total. The predicted molar refractivity (Wildman–Crippen MR) is 166 cm³/mol. The minimum Gasteiger partial charge on any atom is -0.0795 e. The lowest BCUT2D eigenvalue weighted by atomic mass is 9.52. The van der Waals surface area contributed by atoms with Crippen molar-refractivity contribution >= 4 is 59.9 Å². The fourth-order valence-corrected chi connectivity index (χ4v) is 11.1. The summed E-state index contributed by atoms with van der Waals surface area (Å²) in [6, 6.07) is 26.8. The smallest absolute Gasteiger partial charge is 0.0340 e. The van der Waals surface area contributed by atoms with Gasteiger partial charge in [-0.1, -0.05) is 78.9 Å². The second-order valence-electron chi connectivity index (χ2n) is 13.5. The van der Waals surface area contributed by atoms with Gasteiger partial charge in [0.05, 0.1) is 0 Å². The van der Waals surface area contributed by atoms with Crippen molar-refractivity contribution in [2.24, 2.45) is 0 Å². The van der Waals surface area contributed by atoms with E-state index < -0.39 is 0 Å². The molecule has 182 valence electrons. The third kappa shape index (κ3) is 1.59. The van der Waals surface area contributed by atoms with Crippen molar-refractivity contribution in [3.63, 3.8) is 0 Å². The predicted octanol–water partition coefficient (Wildman–Crippen LogP) is 9.40. The van der Waals surface area contributed by atoms with Gasteiger partial charge in [-0.05, 0) is 141 Å². The number of hydrogen-bond acceptors (Lipinski definition) is 0. The molecule has 7 aromatic rings. The summed E-state index contributed by atoms with van der Waals surface area (Å²) in [6.07, 6.45) is 9.28. The first-order valence-corrected chi connectivity index (χ1v) is 15.0. The maximum Gasteiger partial charge on any atom is 0.0340 e. The fraction of sp³-hybridized carbons (Fsp3) is 0.150. The zero-order valence-electron chi connectivity index (χ0n) is 21.9. The van der Waals surface area contributed by atoms with Gasteiger partial charge in [-0.3, -0.25) is 0 Å². The van der Waals surface area contributed by atoms with E-state index in [2.05, 4.69) is 78.9 Å². The van der Waals surface area contributed by atoms with E-state index in [-0.39, 0.29) is 5.41 Å². The maximum atomic E-state index is 2.58. The van der Waals surface area contributed by atoms with Crippen molar-refractivity contribution in [2.75, 3.05) is 0 Å².